The van der Waals surface area contributed by atoms with E-state index in [1.807, 2.05) is 0 Å². The highest BCUT2D eigenvalue weighted by Gasteiger charge is 2.25. The molecule has 1 heterocycles. The number of hydrogen-bond donors (Lipinski definition) is 3. The molecule has 126 valence electrons. The highest BCUT2D eigenvalue weighted by molar-refractivity contribution is 5.98. The van der Waals surface area contributed by atoms with Crippen LogP contribution in [0.2, 0.25) is 0 Å². The number of nitro groups is 1. The molecule has 1 aliphatic heterocycles. The van der Waals surface area contributed by atoms with Gasteiger partial charge in [0.25, 0.3) is 5.91 Å². The third-order valence-electron chi connectivity index (χ3n) is 3.33. The van der Waals surface area contributed by atoms with Gasteiger partial charge in [0.1, 0.15) is 0 Å². The van der Waals surface area contributed by atoms with Crippen molar-refractivity contribution in [1.82, 2.24) is 10.6 Å². The Bertz CT molecular complexity index is 586. The summed E-state index contributed by atoms with van der Waals surface area (Å²) in [5.74, 6) is -1.34. The zero-order valence-electron chi connectivity index (χ0n) is 12.7. The van der Waals surface area contributed by atoms with E-state index in [0.29, 0.717) is 13.2 Å². The average Bonchev–Trinajstić information content (AvgIpc) is 2.55. The molecule has 0 saturated carbocycles. The number of aromatic hydroxyl groups is 1. The summed E-state index contributed by atoms with van der Waals surface area (Å²) in [5.41, 5.74) is -0.469. The van der Waals surface area contributed by atoms with Gasteiger partial charge in [0, 0.05) is 25.7 Å². The first-order chi connectivity index (χ1) is 11.0. The highest BCUT2D eigenvalue weighted by atomic mass is 16.6. The molecule has 9 nitrogen and oxygen atoms in total. The first-order valence-electron chi connectivity index (χ1n) is 7.28. The van der Waals surface area contributed by atoms with E-state index in [4.69, 9.17) is 9.47 Å². The summed E-state index contributed by atoms with van der Waals surface area (Å²) in [6, 6.07) is 2.34. The summed E-state index contributed by atoms with van der Waals surface area (Å²) in [6.07, 6.45) is -0.144. The Morgan fingerprint density at radius 1 is 1.61 bits per heavy atom. The lowest BCUT2D eigenvalue weighted by Gasteiger charge is -2.23. The Kier molecular flexibility index (Phi) is 5.72. The molecular formula is C14H19N3O6. The van der Waals surface area contributed by atoms with Crippen LogP contribution in [0.4, 0.5) is 5.69 Å². The zero-order valence-corrected chi connectivity index (χ0v) is 12.7. The standard InChI is InChI=1S/C14H19N3O6/c1-2-22-13-10(3-4-11(12(13)18)17(20)21)14(19)16-8-9-7-15-5-6-23-9/h3-4,9,15,18H,2,5-8H2,1H3,(H,16,19). The van der Waals surface area contributed by atoms with Crippen molar-refractivity contribution in [2.75, 3.05) is 32.8 Å². The minimum atomic E-state index is -0.735. The molecule has 0 spiro atoms. The summed E-state index contributed by atoms with van der Waals surface area (Å²) in [5, 5.41) is 26.6. The maximum Gasteiger partial charge on any atom is 0.314 e. The molecule has 2 rings (SSSR count). The second-order valence-electron chi connectivity index (χ2n) is 4.91. The van der Waals surface area contributed by atoms with Gasteiger partial charge in [0.2, 0.25) is 5.75 Å². The largest absolute Gasteiger partial charge is 0.499 e. The summed E-state index contributed by atoms with van der Waals surface area (Å²) in [7, 11) is 0. The van der Waals surface area contributed by atoms with Crippen molar-refractivity contribution in [2.45, 2.75) is 13.0 Å². The van der Waals surface area contributed by atoms with Crippen LogP contribution < -0.4 is 15.4 Å². The van der Waals surface area contributed by atoms with Crippen molar-refractivity contribution < 1.29 is 24.3 Å². The lowest BCUT2D eigenvalue weighted by molar-refractivity contribution is -0.386. The number of carbonyl (C=O) groups is 1. The molecule has 1 aliphatic rings. The van der Waals surface area contributed by atoms with Crippen molar-refractivity contribution in [3.05, 3.63) is 27.8 Å². The van der Waals surface area contributed by atoms with Gasteiger partial charge >= 0.3 is 5.69 Å². The van der Waals surface area contributed by atoms with Crippen LogP contribution in [0.3, 0.4) is 0 Å². The summed E-state index contributed by atoms with van der Waals surface area (Å²) < 4.78 is 10.7. The Balaban J connectivity index is 2.14. The number of morpholine rings is 1. The van der Waals surface area contributed by atoms with Gasteiger partial charge in [-0.1, -0.05) is 0 Å². The predicted molar refractivity (Wildman–Crippen MR) is 80.9 cm³/mol. The van der Waals surface area contributed by atoms with Crippen LogP contribution in [-0.2, 0) is 4.74 Å². The molecule has 1 saturated heterocycles. The van der Waals surface area contributed by atoms with Crippen molar-refractivity contribution in [3.8, 4) is 11.5 Å². The van der Waals surface area contributed by atoms with Gasteiger partial charge in [-0.15, -0.1) is 0 Å². The van der Waals surface area contributed by atoms with Crippen LogP contribution in [0.1, 0.15) is 17.3 Å². The Labute approximate surface area is 132 Å². The summed E-state index contributed by atoms with van der Waals surface area (Å²) in [6.45, 7) is 4.07. The van der Waals surface area contributed by atoms with Gasteiger partial charge < -0.3 is 25.2 Å². The molecule has 1 atom stereocenters. The maximum atomic E-state index is 12.3. The fraction of sp³-hybridized carbons (Fsp3) is 0.500. The SMILES string of the molecule is CCOc1c(C(=O)NCC2CNCCO2)ccc([N+](=O)[O-])c1O. The summed E-state index contributed by atoms with van der Waals surface area (Å²) >= 11 is 0. The number of nitrogens with one attached hydrogen (secondary N) is 2. The predicted octanol–water partition coefficient (Wildman–Crippen LogP) is 0.417. The van der Waals surface area contributed by atoms with Crippen molar-refractivity contribution in [3.63, 3.8) is 0 Å². The smallest absolute Gasteiger partial charge is 0.314 e. The highest BCUT2D eigenvalue weighted by Crippen LogP contribution is 2.38. The molecule has 1 amide bonds. The zero-order chi connectivity index (χ0) is 16.8. The first-order valence-corrected chi connectivity index (χ1v) is 7.28. The number of phenols is 1. The fourth-order valence-corrected chi connectivity index (χ4v) is 2.23. The van der Waals surface area contributed by atoms with Crippen LogP contribution in [0, 0.1) is 10.1 Å². The molecule has 9 heteroatoms. The van der Waals surface area contributed by atoms with Crippen LogP contribution in [0.15, 0.2) is 12.1 Å². The van der Waals surface area contributed by atoms with E-state index in [2.05, 4.69) is 10.6 Å². The van der Waals surface area contributed by atoms with Crippen molar-refractivity contribution in [2.24, 2.45) is 0 Å². The van der Waals surface area contributed by atoms with Gasteiger partial charge in [0.15, 0.2) is 5.75 Å². The van der Waals surface area contributed by atoms with E-state index in [-0.39, 0.29) is 30.6 Å². The molecule has 0 aromatic heterocycles. The normalized spacial score (nSPS) is 17.5. The van der Waals surface area contributed by atoms with Gasteiger partial charge in [-0.3, -0.25) is 14.9 Å². The number of rotatable bonds is 6. The van der Waals surface area contributed by atoms with Crippen molar-refractivity contribution in [1.29, 1.82) is 0 Å². The third-order valence-corrected chi connectivity index (χ3v) is 3.33. The first kappa shape index (κ1) is 17.0. The number of nitro benzene ring substituents is 1. The number of ether oxygens (including phenoxy) is 2. The number of benzene rings is 1. The van der Waals surface area contributed by atoms with Crippen LogP contribution in [0.25, 0.3) is 0 Å². The molecule has 0 aliphatic carbocycles. The molecule has 3 N–H and O–H groups in total. The minimum absolute atomic E-state index is 0.0405. The Morgan fingerprint density at radius 2 is 2.39 bits per heavy atom. The lowest BCUT2D eigenvalue weighted by Crippen LogP contribution is -2.45. The van der Waals surface area contributed by atoms with Gasteiger partial charge in [-0.25, -0.2) is 0 Å². The molecular weight excluding hydrogens is 306 g/mol. The molecule has 1 fully saturated rings. The molecule has 1 aromatic carbocycles. The van der Waals surface area contributed by atoms with E-state index < -0.39 is 22.3 Å². The van der Waals surface area contributed by atoms with E-state index in [1.165, 1.54) is 6.07 Å². The van der Waals surface area contributed by atoms with E-state index in [0.717, 1.165) is 12.6 Å². The van der Waals surface area contributed by atoms with Crippen molar-refractivity contribution >= 4 is 11.6 Å². The van der Waals surface area contributed by atoms with Crippen LogP contribution >= 0.6 is 0 Å². The second-order valence-corrected chi connectivity index (χ2v) is 4.91. The van der Waals surface area contributed by atoms with E-state index in [9.17, 15) is 20.0 Å². The Morgan fingerprint density at radius 3 is 3.00 bits per heavy atom. The summed E-state index contributed by atoms with van der Waals surface area (Å²) in [4.78, 5) is 22.4. The maximum absolute atomic E-state index is 12.3. The van der Waals surface area contributed by atoms with E-state index in [1.54, 1.807) is 6.92 Å². The topological polar surface area (TPSA) is 123 Å². The molecule has 23 heavy (non-hydrogen) atoms. The number of nitrogens with zero attached hydrogens (tertiary/aromatic N) is 1. The number of carbonyl (C=O) groups excluding carboxylic acids is 1. The Hall–Kier alpha value is -2.39. The molecule has 0 bridgehead atoms. The van der Waals surface area contributed by atoms with Gasteiger partial charge in [-0.2, -0.15) is 0 Å². The minimum Gasteiger partial charge on any atom is -0.499 e. The number of amides is 1. The monoisotopic (exact) mass is 325 g/mol. The van der Waals surface area contributed by atoms with Crippen LogP contribution in [-0.4, -0.2) is 54.9 Å². The van der Waals surface area contributed by atoms with Crippen LogP contribution in [0.5, 0.6) is 11.5 Å². The second kappa shape index (κ2) is 7.75. The van der Waals surface area contributed by atoms with E-state index >= 15 is 0 Å². The van der Waals surface area contributed by atoms with Gasteiger partial charge in [0.05, 0.1) is 29.8 Å². The average molecular weight is 325 g/mol. The number of hydrogen-bond acceptors (Lipinski definition) is 7. The molecule has 1 unspecified atom stereocenters. The molecule has 0 radical (unpaired) electrons. The third kappa shape index (κ3) is 4.08. The fourth-order valence-electron chi connectivity index (χ4n) is 2.23. The molecule has 1 aromatic rings. The van der Waals surface area contributed by atoms with Gasteiger partial charge in [-0.05, 0) is 13.0 Å². The number of phenolic OH excluding ortho intramolecular Hbond substituents is 1. The quantitative estimate of drug-likeness (QED) is 0.511. The lowest BCUT2D eigenvalue weighted by atomic mass is 10.1.